The first-order valence-corrected chi connectivity index (χ1v) is 15.5. The van der Waals surface area contributed by atoms with Crippen molar-refractivity contribution in [1.29, 1.82) is 0 Å². The molecule has 3 rings (SSSR count). The molecular weight excluding hydrogens is 536 g/mol. The number of aryl methyl sites for hydroxylation is 2. The molecule has 230 valence electrons. The number of amides is 2. The fourth-order valence-electron chi connectivity index (χ4n) is 5.72. The second-order valence-electron chi connectivity index (χ2n) is 12.7. The molecule has 0 radical (unpaired) electrons. The standard InChI is InChI=1S/C37H48N2O4/c1-7-15-32(36(42)43)31(21-14-16-27-22-23-30(25(2)24-27)29-19-12-9-13-20-29)34(40)39-33(37(4,5)6)35(41)38-26(3)28-17-10-8-11-18-28/h8-13,17-20,22-24,26,31-33H,7,14-16,21H2,1-6H3,(H,38,41)(H,39,40)(H,42,43). The van der Waals surface area contributed by atoms with Gasteiger partial charge in [-0.1, -0.05) is 113 Å². The number of hydrogen-bond acceptors (Lipinski definition) is 3. The van der Waals surface area contributed by atoms with Crippen molar-refractivity contribution in [3.8, 4) is 11.1 Å². The summed E-state index contributed by atoms with van der Waals surface area (Å²) in [4.78, 5) is 39.6. The number of carboxylic acids is 1. The van der Waals surface area contributed by atoms with Crippen LogP contribution in [0.4, 0.5) is 0 Å². The summed E-state index contributed by atoms with van der Waals surface area (Å²) >= 11 is 0. The number of carboxylic acid groups (broad SMARTS) is 1. The molecule has 0 heterocycles. The minimum Gasteiger partial charge on any atom is -0.481 e. The normalized spacial score (nSPS) is 14.3. The molecule has 6 heteroatoms. The average molecular weight is 585 g/mol. The molecule has 0 aliphatic rings. The van der Waals surface area contributed by atoms with E-state index in [0.29, 0.717) is 25.7 Å². The van der Waals surface area contributed by atoms with Crippen LogP contribution >= 0.6 is 0 Å². The maximum atomic E-state index is 13.8. The summed E-state index contributed by atoms with van der Waals surface area (Å²) in [6.45, 7) is 11.7. The summed E-state index contributed by atoms with van der Waals surface area (Å²) in [6, 6.07) is 25.3. The predicted molar refractivity (Wildman–Crippen MR) is 173 cm³/mol. The molecule has 0 saturated carbocycles. The van der Waals surface area contributed by atoms with E-state index in [1.165, 1.54) is 16.7 Å². The highest BCUT2D eigenvalue weighted by atomic mass is 16.4. The van der Waals surface area contributed by atoms with Gasteiger partial charge in [-0.3, -0.25) is 14.4 Å². The zero-order valence-corrected chi connectivity index (χ0v) is 26.5. The third-order valence-electron chi connectivity index (χ3n) is 8.17. The molecular formula is C37H48N2O4. The Morgan fingerprint density at radius 1 is 0.814 bits per heavy atom. The van der Waals surface area contributed by atoms with Crippen LogP contribution in [0.25, 0.3) is 11.1 Å². The van der Waals surface area contributed by atoms with Crippen molar-refractivity contribution in [3.63, 3.8) is 0 Å². The van der Waals surface area contributed by atoms with Crippen molar-refractivity contribution < 1.29 is 19.5 Å². The Hall–Kier alpha value is -3.93. The van der Waals surface area contributed by atoms with E-state index in [1.54, 1.807) is 0 Å². The van der Waals surface area contributed by atoms with Gasteiger partial charge in [0.2, 0.25) is 11.8 Å². The van der Waals surface area contributed by atoms with Gasteiger partial charge in [0.1, 0.15) is 6.04 Å². The molecule has 6 nitrogen and oxygen atoms in total. The Kier molecular flexibility index (Phi) is 12.1. The topological polar surface area (TPSA) is 95.5 Å². The van der Waals surface area contributed by atoms with E-state index in [2.05, 4.69) is 47.9 Å². The Bertz CT molecular complexity index is 1350. The molecule has 4 atom stereocenters. The lowest BCUT2D eigenvalue weighted by molar-refractivity contribution is -0.148. The van der Waals surface area contributed by atoms with Crippen molar-refractivity contribution in [2.75, 3.05) is 0 Å². The van der Waals surface area contributed by atoms with Crippen molar-refractivity contribution in [3.05, 3.63) is 95.6 Å². The number of hydrogen-bond donors (Lipinski definition) is 3. The van der Waals surface area contributed by atoms with Crippen LogP contribution < -0.4 is 10.6 Å². The molecule has 3 aromatic rings. The molecule has 0 saturated heterocycles. The first-order valence-electron chi connectivity index (χ1n) is 15.5. The molecule has 0 aliphatic carbocycles. The number of aliphatic carboxylic acids is 1. The lowest BCUT2D eigenvalue weighted by atomic mass is 9.81. The number of carbonyl (C=O) groups is 3. The van der Waals surface area contributed by atoms with Gasteiger partial charge in [-0.25, -0.2) is 0 Å². The van der Waals surface area contributed by atoms with Gasteiger partial charge in [-0.2, -0.15) is 0 Å². The second kappa shape index (κ2) is 15.5. The molecule has 2 amide bonds. The maximum absolute atomic E-state index is 13.8. The van der Waals surface area contributed by atoms with Crippen LogP contribution in [0.2, 0.25) is 0 Å². The van der Waals surface area contributed by atoms with Crippen molar-refractivity contribution in [2.45, 2.75) is 85.7 Å². The Balaban J connectivity index is 1.75. The number of nitrogens with one attached hydrogen (secondary N) is 2. The highest BCUT2D eigenvalue weighted by molar-refractivity contribution is 5.91. The van der Waals surface area contributed by atoms with Crippen molar-refractivity contribution >= 4 is 17.8 Å². The summed E-state index contributed by atoms with van der Waals surface area (Å²) in [5, 5.41) is 16.1. The third-order valence-corrected chi connectivity index (χ3v) is 8.17. The quantitative estimate of drug-likeness (QED) is 0.183. The van der Waals surface area contributed by atoms with E-state index < -0.39 is 29.3 Å². The fourth-order valence-corrected chi connectivity index (χ4v) is 5.72. The maximum Gasteiger partial charge on any atom is 0.307 e. The highest BCUT2D eigenvalue weighted by Gasteiger charge is 2.38. The van der Waals surface area contributed by atoms with E-state index in [4.69, 9.17) is 0 Å². The monoisotopic (exact) mass is 584 g/mol. The first kappa shape index (κ1) is 33.6. The first-order chi connectivity index (χ1) is 20.4. The van der Waals surface area contributed by atoms with Gasteiger partial charge in [0.05, 0.1) is 17.9 Å². The molecule has 0 aliphatic heterocycles. The van der Waals surface area contributed by atoms with E-state index in [-0.39, 0.29) is 17.9 Å². The summed E-state index contributed by atoms with van der Waals surface area (Å²) in [7, 11) is 0. The van der Waals surface area contributed by atoms with E-state index in [9.17, 15) is 19.5 Å². The van der Waals surface area contributed by atoms with Crippen LogP contribution in [0.1, 0.15) is 83.0 Å². The summed E-state index contributed by atoms with van der Waals surface area (Å²) < 4.78 is 0. The van der Waals surface area contributed by atoms with E-state index >= 15 is 0 Å². The van der Waals surface area contributed by atoms with E-state index in [1.807, 2.05) is 83.1 Å². The summed E-state index contributed by atoms with van der Waals surface area (Å²) in [6.07, 6.45) is 2.86. The van der Waals surface area contributed by atoms with Crippen molar-refractivity contribution in [2.24, 2.45) is 17.3 Å². The Morgan fingerprint density at radius 2 is 1.44 bits per heavy atom. The molecule has 0 spiro atoms. The van der Waals surface area contributed by atoms with Crippen LogP contribution in [0.15, 0.2) is 78.9 Å². The van der Waals surface area contributed by atoms with Crippen LogP contribution in [0.3, 0.4) is 0 Å². The molecule has 0 bridgehead atoms. The van der Waals surface area contributed by atoms with Gasteiger partial charge in [0.15, 0.2) is 0 Å². The molecule has 0 fully saturated rings. The largest absolute Gasteiger partial charge is 0.481 e. The zero-order valence-electron chi connectivity index (χ0n) is 26.5. The number of benzene rings is 3. The van der Waals surface area contributed by atoms with Gasteiger partial charge >= 0.3 is 5.97 Å². The number of carbonyl (C=O) groups excluding carboxylic acids is 2. The smallest absolute Gasteiger partial charge is 0.307 e. The van der Waals surface area contributed by atoms with Gasteiger partial charge in [-0.05, 0) is 72.8 Å². The average Bonchev–Trinajstić information content (AvgIpc) is 2.97. The SMILES string of the molecule is CCCC(C(=O)O)C(CCCc1ccc(-c2ccccc2)c(C)c1)C(=O)NC(C(=O)NC(C)c1ccccc1)C(C)(C)C. The minimum atomic E-state index is -0.973. The van der Waals surface area contributed by atoms with Gasteiger partial charge < -0.3 is 15.7 Å². The van der Waals surface area contributed by atoms with Crippen molar-refractivity contribution in [1.82, 2.24) is 10.6 Å². The Morgan fingerprint density at radius 3 is 2.00 bits per heavy atom. The molecule has 3 aromatic carbocycles. The summed E-state index contributed by atoms with van der Waals surface area (Å²) in [5.41, 5.74) is 5.07. The van der Waals surface area contributed by atoms with Gasteiger partial charge in [0.25, 0.3) is 0 Å². The highest BCUT2D eigenvalue weighted by Crippen LogP contribution is 2.29. The summed E-state index contributed by atoms with van der Waals surface area (Å²) in [5.74, 6) is -3.20. The minimum absolute atomic E-state index is 0.241. The lowest BCUT2D eigenvalue weighted by Crippen LogP contribution is -2.56. The van der Waals surface area contributed by atoms with E-state index in [0.717, 1.165) is 17.5 Å². The van der Waals surface area contributed by atoms with Crippen LogP contribution in [0.5, 0.6) is 0 Å². The van der Waals surface area contributed by atoms with Gasteiger partial charge in [0, 0.05) is 0 Å². The van der Waals surface area contributed by atoms with Crippen LogP contribution in [0, 0.1) is 24.2 Å². The number of rotatable bonds is 14. The second-order valence-corrected chi connectivity index (χ2v) is 12.7. The molecule has 0 aromatic heterocycles. The molecule has 3 N–H and O–H groups in total. The molecule has 4 unspecified atom stereocenters. The van der Waals surface area contributed by atoms with Crippen LogP contribution in [-0.4, -0.2) is 28.9 Å². The fraction of sp³-hybridized carbons (Fsp3) is 0.432. The zero-order chi connectivity index (χ0) is 31.6. The Labute approximate surface area is 257 Å². The van der Waals surface area contributed by atoms with Gasteiger partial charge in [-0.15, -0.1) is 0 Å². The van der Waals surface area contributed by atoms with Crippen LogP contribution in [-0.2, 0) is 20.8 Å². The predicted octanol–water partition coefficient (Wildman–Crippen LogP) is 7.51. The third kappa shape index (κ3) is 9.54. The lowest BCUT2D eigenvalue weighted by Gasteiger charge is -2.33. The molecule has 43 heavy (non-hydrogen) atoms.